The molecule has 1 aromatic rings. The zero-order valence-corrected chi connectivity index (χ0v) is 11.6. The molecule has 3 N–H and O–H groups in total. The summed E-state index contributed by atoms with van der Waals surface area (Å²) in [7, 11) is 0. The van der Waals surface area contributed by atoms with Crippen molar-refractivity contribution < 1.29 is 4.79 Å². The largest absolute Gasteiger partial charge is 0.393 e. The second-order valence-corrected chi connectivity index (χ2v) is 4.70. The van der Waals surface area contributed by atoms with Gasteiger partial charge < -0.3 is 11.1 Å². The molecule has 0 bridgehead atoms. The Labute approximate surface area is 113 Å². The van der Waals surface area contributed by atoms with E-state index in [1.165, 1.54) is 0 Å². The number of pyridine rings is 1. The van der Waals surface area contributed by atoms with Gasteiger partial charge in [0, 0.05) is 5.69 Å². The van der Waals surface area contributed by atoms with E-state index >= 15 is 0 Å². The lowest BCUT2D eigenvalue weighted by Crippen LogP contribution is -2.37. The van der Waals surface area contributed by atoms with Crippen molar-refractivity contribution in [3.05, 3.63) is 29.6 Å². The number of nitrogens with two attached hydrogens (primary N) is 1. The maximum absolute atomic E-state index is 11.9. The van der Waals surface area contributed by atoms with Gasteiger partial charge in [0.1, 0.15) is 0 Å². The van der Waals surface area contributed by atoms with Crippen LogP contribution in [0.15, 0.2) is 18.2 Å². The van der Waals surface area contributed by atoms with Crippen molar-refractivity contribution >= 4 is 23.1 Å². The Morgan fingerprint density at radius 3 is 2.83 bits per heavy atom. The first kappa shape index (κ1) is 14.6. The fourth-order valence-corrected chi connectivity index (χ4v) is 1.91. The highest BCUT2D eigenvalue weighted by Gasteiger charge is 2.19. The third kappa shape index (κ3) is 4.41. The molecule has 0 radical (unpaired) electrons. The predicted molar refractivity (Wildman–Crippen MR) is 76.0 cm³/mol. The maximum Gasteiger partial charge on any atom is 0.230 e. The molecule has 0 fully saturated rings. The van der Waals surface area contributed by atoms with E-state index in [2.05, 4.69) is 10.3 Å². The van der Waals surface area contributed by atoms with Gasteiger partial charge in [-0.05, 0) is 25.5 Å². The molecule has 1 amide bonds. The fraction of sp³-hybridized carbons (Fsp3) is 0.462. The molecular weight excluding hydrogens is 246 g/mol. The number of nitrogens with zero attached hydrogens (tertiary/aromatic N) is 1. The smallest absolute Gasteiger partial charge is 0.230 e. The highest BCUT2D eigenvalue weighted by Crippen LogP contribution is 2.07. The topological polar surface area (TPSA) is 68.0 Å². The van der Waals surface area contributed by atoms with Gasteiger partial charge in [0.05, 0.1) is 23.1 Å². The monoisotopic (exact) mass is 265 g/mol. The molecule has 0 aliphatic rings. The van der Waals surface area contributed by atoms with Crippen molar-refractivity contribution in [3.8, 4) is 0 Å². The van der Waals surface area contributed by atoms with Crippen molar-refractivity contribution in [1.82, 2.24) is 10.3 Å². The van der Waals surface area contributed by atoms with E-state index < -0.39 is 0 Å². The second kappa shape index (κ2) is 7.06. The molecule has 0 saturated heterocycles. The van der Waals surface area contributed by atoms with Crippen LogP contribution in [0.5, 0.6) is 0 Å². The van der Waals surface area contributed by atoms with E-state index in [1.54, 1.807) is 0 Å². The van der Waals surface area contributed by atoms with E-state index in [1.807, 2.05) is 32.0 Å². The first-order chi connectivity index (χ1) is 8.54. The molecule has 1 aromatic heterocycles. The summed E-state index contributed by atoms with van der Waals surface area (Å²) in [6.07, 6.45) is 1.56. The normalized spacial score (nSPS) is 11.9. The van der Waals surface area contributed by atoms with Gasteiger partial charge in [0.15, 0.2) is 0 Å². The molecule has 18 heavy (non-hydrogen) atoms. The van der Waals surface area contributed by atoms with Crippen molar-refractivity contribution in [2.75, 3.05) is 0 Å². The molecule has 98 valence electrons. The van der Waals surface area contributed by atoms with Crippen LogP contribution in [0.1, 0.15) is 31.2 Å². The van der Waals surface area contributed by atoms with Gasteiger partial charge in [-0.1, -0.05) is 31.6 Å². The van der Waals surface area contributed by atoms with Gasteiger partial charge in [-0.15, -0.1) is 0 Å². The first-order valence-electron chi connectivity index (χ1n) is 6.04. The lowest BCUT2D eigenvalue weighted by Gasteiger charge is -2.14. The third-order valence-corrected chi connectivity index (χ3v) is 2.91. The summed E-state index contributed by atoms with van der Waals surface area (Å²) in [4.78, 5) is 16.5. The summed E-state index contributed by atoms with van der Waals surface area (Å²) in [6, 6.07) is 5.71. The number of aromatic nitrogens is 1. The summed E-state index contributed by atoms with van der Waals surface area (Å²) in [5, 5.41) is 2.82. The zero-order chi connectivity index (χ0) is 13.5. The van der Waals surface area contributed by atoms with Gasteiger partial charge in [-0.3, -0.25) is 9.78 Å². The summed E-state index contributed by atoms with van der Waals surface area (Å²) in [6.45, 7) is 4.32. The molecule has 1 rings (SSSR count). The Balaban J connectivity index is 2.56. The van der Waals surface area contributed by atoms with Crippen LogP contribution in [0.4, 0.5) is 0 Å². The molecular formula is C13H19N3OS. The van der Waals surface area contributed by atoms with Crippen LogP contribution in [0.2, 0.25) is 0 Å². The molecule has 1 atom stereocenters. The van der Waals surface area contributed by atoms with Crippen molar-refractivity contribution in [1.29, 1.82) is 0 Å². The number of carbonyl (C=O) groups is 1. The molecule has 0 aromatic carbocycles. The van der Waals surface area contributed by atoms with Crippen LogP contribution in [0.3, 0.4) is 0 Å². The van der Waals surface area contributed by atoms with E-state index in [9.17, 15) is 4.79 Å². The Morgan fingerprint density at radius 2 is 2.28 bits per heavy atom. The SMILES string of the molecule is CCCC(C(=O)NCc1cccc(C)n1)C(N)=S. The van der Waals surface area contributed by atoms with Crippen molar-refractivity contribution in [2.24, 2.45) is 11.7 Å². The maximum atomic E-state index is 11.9. The van der Waals surface area contributed by atoms with E-state index in [0.717, 1.165) is 17.8 Å². The number of thiocarbonyl (C=S) groups is 1. The van der Waals surface area contributed by atoms with E-state index in [0.29, 0.717) is 13.0 Å². The molecule has 0 spiro atoms. The van der Waals surface area contributed by atoms with Crippen LogP contribution >= 0.6 is 12.2 Å². The summed E-state index contributed by atoms with van der Waals surface area (Å²) >= 11 is 4.91. The molecule has 1 heterocycles. The molecule has 0 aliphatic heterocycles. The Morgan fingerprint density at radius 1 is 1.56 bits per heavy atom. The van der Waals surface area contributed by atoms with Crippen molar-refractivity contribution in [2.45, 2.75) is 33.2 Å². The van der Waals surface area contributed by atoms with Crippen LogP contribution in [-0.2, 0) is 11.3 Å². The van der Waals surface area contributed by atoms with Crippen molar-refractivity contribution in [3.63, 3.8) is 0 Å². The first-order valence-corrected chi connectivity index (χ1v) is 6.45. The number of aryl methyl sites for hydroxylation is 1. The molecule has 5 heteroatoms. The number of hydrogen-bond donors (Lipinski definition) is 2. The van der Waals surface area contributed by atoms with Crippen LogP contribution in [-0.4, -0.2) is 15.9 Å². The van der Waals surface area contributed by atoms with E-state index in [4.69, 9.17) is 18.0 Å². The molecule has 0 aliphatic carbocycles. The minimum absolute atomic E-state index is 0.118. The quantitative estimate of drug-likeness (QED) is 0.768. The lowest BCUT2D eigenvalue weighted by atomic mass is 10.0. The number of hydrogen-bond acceptors (Lipinski definition) is 3. The summed E-state index contributed by atoms with van der Waals surface area (Å²) in [5.41, 5.74) is 7.34. The third-order valence-electron chi connectivity index (χ3n) is 2.63. The second-order valence-electron chi connectivity index (χ2n) is 4.23. The van der Waals surface area contributed by atoms with Crippen LogP contribution in [0.25, 0.3) is 0 Å². The van der Waals surface area contributed by atoms with E-state index in [-0.39, 0.29) is 16.8 Å². The van der Waals surface area contributed by atoms with Gasteiger partial charge >= 0.3 is 0 Å². The minimum atomic E-state index is -0.380. The standard InChI is InChI=1S/C13H19N3OS/c1-3-5-11(12(14)18)13(17)15-8-10-7-4-6-9(2)16-10/h4,6-7,11H,3,5,8H2,1-2H3,(H2,14,18)(H,15,17). The highest BCUT2D eigenvalue weighted by atomic mass is 32.1. The molecule has 1 unspecified atom stereocenters. The Hall–Kier alpha value is -1.49. The molecule has 0 saturated carbocycles. The van der Waals surface area contributed by atoms with Crippen LogP contribution in [0, 0.1) is 12.8 Å². The van der Waals surface area contributed by atoms with Gasteiger partial charge in [0.25, 0.3) is 0 Å². The van der Waals surface area contributed by atoms with Crippen LogP contribution < -0.4 is 11.1 Å². The Bertz CT molecular complexity index is 434. The minimum Gasteiger partial charge on any atom is -0.393 e. The Kier molecular flexibility index (Phi) is 5.71. The highest BCUT2D eigenvalue weighted by molar-refractivity contribution is 7.80. The number of rotatable bonds is 6. The van der Waals surface area contributed by atoms with Gasteiger partial charge in [0.2, 0.25) is 5.91 Å². The average molecular weight is 265 g/mol. The van der Waals surface area contributed by atoms with Gasteiger partial charge in [-0.2, -0.15) is 0 Å². The fourth-order valence-electron chi connectivity index (χ4n) is 1.69. The predicted octanol–water partition coefficient (Wildman–Crippen LogP) is 1.71. The number of nitrogens with one attached hydrogen (secondary N) is 1. The number of carbonyl (C=O) groups excluding carboxylic acids is 1. The molecule has 4 nitrogen and oxygen atoms in total. The zero-order valence-electron chi connectivity index (χ0n) is 10.8. The van der Waals surface area contributed by atoms with Gasteiger partial charge in [-0.25, -0.2) is 0 Å². The summed E-state index contributed by atoms with van der Waals surface area (Å²) in [5.74, 6) is -0.498. The lowest BCUT2D eigenvalue weighted by molar-refractivity contribution is -0.123. The average Bonchev–Trinajstić information content (AvgIpc) is 2.32. The number of amides is 1. The summed E-state index contributed by atoms with van der Waals surface area (Å²) < 4.78 is 0.